The number of aryl methyl sites for hydroxylation is 2. The molecule has 1 N–H and O–H groups in total. The van der Waals surface area contributed by atoms with Crippen molar-refractivity contribution in [3.63, 3.8) is 0 Å². The average molecular weight is 608 g/mol. The molecule has 3 atom stereocenters. The van der Waals surface area contributed by atoms with E-state index < -0.39 is 21.9 Å². The van der Waals surface area contributed by atoms with Gasteiger partial charge in [0.25, 0.3) is 5.02 Å². The largest absolute Gasteiger partial charge is 0.337 e. The van der Waals surface area contributed by atoms with Crippen LogP contribution in [0, 0.1) is 23.3 Å². The second-order valence-electron chi connectivity index (χ2n) is 11.1. The highest BCUT2D eigenvalue weighted by Crippen LogP contribution is 2.44. The molecule has 0 radical (unpaired) electrons. The fraction of sp³-hybridized carbons (Fsp3) is 0.312. The van der Waals surface area contributed by atoms with E-state index in [-0.39, 0.29) is 27.7 Å². The molecule has 0 spiro atoms. The van der Waals surface area contributed by atoms with Crippen molar-refractivity contribution < 1.29 is 29.2 Å². The predicted molar refractivity (Wildman–Crippen MR) is 156 cm³/mol. The fourth-order valence-corrected chi connectivity index (χ4v) is 7.61. The van der Waals surface area contributed by atoms with Gasteiger partial charge in [-0.05, 0) is 79.0 Å². The number of sulfonamides is 1. The minimum absolute atomic E-state index is 0.0373. The zero-order valence-corrected chi connectivity index (χ0v) is 24.9. The first kappa shape index (κ1) is 28.6. The van der Waals surface area contributed by atoms with E-state index in [4.69, 9.17) is 11.6 Å². The standard InChI is InChI=1S/C32H33ClFN4O3S/c1-37-17-16-35-31(37)20-38(32(39)26-14-13-25(26)21-6-3-2-4-7-21)23-11-10-22-8-5-9-30(27(22)18-23)36-42(40,41)24-12-15-29(34)28(33)19-24/h2-4,6-7,10-12,15-19,25-26,30,33,36H,5,8-9,13-14,20H2,1H3/q+1/t25-,26+,30-/m1/s1. The lowest BCUT2D eigenvalue weighted by Gasteiger charge is -2.39. The molecular weight excluding hydrogens is 575 g/mol. The highest BCUT2D eigenvalue weighted by molar-refractivity contribution is 7.89. The maximum Gasteiger partial charge on any atom is 0.262 e. The Labute approximate surface area is 250 Å². The molecule has 1 fully saturated rings. The molecule has 0 aliphatic heterocycles. The molecule has 218 valence electrons. The number of nitrogens with one attached hydrogen (secondary N) is 1. The third-order valence-electron chi connectivity index (χ3n) is 8.57. The van der Waals surface area contributed by atoms with Crippen LogP contribution in [0.25, 0.3) is 0 Å². The molecule has 0 saturated heterocycles. The summed E-state index contributed by atoms with van der Waals surface area (Å²) in [5, 5.41) is -0.141. The molecule has 0 bridgehead atoms. The minimum atomic E-state index is -3.96. The number of benzene rings is 3. The van der Waals surface area contributed by atoms with Gasteiger partial charge >= 0.3 is 0 Å². The summed E-state index contributed by atoms with van der Waals surface area (Å²) in [7, 11) is -2.06. The number of aromatic nitrogens is 2. The van der Waals surface area contributed by atoms with Crippen LogP contribution < -0.4 is 9.62 Å². The summed E-state index contributed by atoms with van der Waals surface area (Å²) in [6, 6.07) is 19.0. The molecule has 6 rings (SSSR count). The highest BCUT2D eigenvalue weighted by atomic mass is 35.5. The number of hydrogen-bond acceptors (Lipinski definition) is 4. The maximum atomic E-state index is 14.2. The van der Waals surface area contributed by atoms with Gasteiger partial charge in [-0.15, -0.1) is 0 Å². The van der Waals surface area contributed by atoms with Crippen LogP contribution in [-0.4, -0.2) is 23.9 Å². The molecule has 7 nitrogen and oxygen atoms in total. The van der Waals surface area contributed by atoms with Crippen LogP contribution in [0.5, 0.6) is 0 Å². The lowest BCUT2D eigenvalue weighted by molar-refractivity contribution is -0.293. The molecule has 1 aromatic heterocycles. The normalized spacial score (nSPS) is 20.0. The van der Waals surface area contributed by atoms with Gasteiger partial charge in [-0.1, -0.05) is 36.4 Å². The van der Waals surface area contributed by atoms with Crippen LogP contribution in [0.1, 0.15) is 60.2 Å². The monoisotopic (exact) mass is 607 g/mol. The zero-order chi connectivity index (χ0) is 29.4. The summed E-state index contributed by atoms with van der Waals surface area (Å²) in [6.45, 7) is 0.298. The van der Waals surface area contributed by atoms with Gasteiger partial charge in [0.05, 0.1) is 11.4 Å². The molecule has 1 saturated carbocycles. The van der Waals surface area contributed by atoms with E-state index in [1.807, 2.05) is 54.2 Å². The molecule has 2 aliphatic carbocycles. The van der Waals surface area contributed by atoms with Gasteiger partial charge in [0.15, 0.2) is 17.4 Å². The van der Waals surface area contributed by atoms with Gasteiger partial charge < -0.3 is 9.47 Å². The van der Waals surface area contributed by atoms with E-state index in [0.29, 0.717) is 18.7 Å². The maximum absolute atomic E-state index is 14.2. The predicted octanol–water partition coefficient (Wildman–Crippen LogP) is 5.34. The molecule has 0 unspecified atom stereocenters. The third kappa shape index (κ3) is 5.61. The van der Waals surface area contributed by atoms with E-state index in [1.54, 1.807) is 11.1 Å². The number of hydrogen-bond donors (Lipinski definition) is 1. The number of fused-ring (bicyclic) bond motifs is 1. The summed E-state index contributed by atoms with van der Waals surface area (Å²) in [5.74, 6) is 0.170. The Morgan fingerprint density at radius 1 is 1.10 bits per heavy atom. The Bertz CT molecular complexity index is 1730. The van der Waals surface area contributed by atoms with E-state index >= 15 is 0 Å². The fourth-order valence-electron chi connectivity index (χ4n) is 6.06. The van der Waals surface area contributed by atoms with Crippen LogP contribution >= 0.6 is 0 Å². The smallest absolute Gasteiger partial charge is 0.262 e. The summed E-state index contributed by atoms with van der Waals surface area (Å²) in [5.41, 5.74) is 3.76. The molecule has 4 aromatic rings. The van der Waals surface area contributed by atoms with Crippen molar-refractivity contribution in [3.8, 4) is 0 Å². The first-order valence-electron chi connectivity index (χ1n) is 14.2. The SMILES string of the molecule is Cn1ccnc1CN(C(=O)[C@H]1CC[C@@H]1c1ccccc1)c1ccc2c(c1)[C@H](NS(=O)(=O)c1ccc(F)c([ClH+])c1)CCC2. The third-order valence-corrected chi connectivity index (χ3v) is 10.4. The van der Waals surface area contributed by atoms with Crippen molar-refractivity contribution in [2.75, 3.05) is 4.90 Å². The Morgan fingerprint density at radius 2 is 1.90 bits per heavy atom. The zero-order valence-electron chi connectivity index (χ0n) is 23.2. The van der Waals surface area contributed by atoms with Crippen molar-refractivity contribution in [1.82, 2.24) is 14.3 Å². The van der Waals surface area contributed by atoms with Gasteiger partial charge in [0, 0.05) is 43.2 Å². The quantitative estimate of drug-likeness (QED) is 0.293. The number of amides is 1. The first-order chi connectivity index (χ1) is 20.2. The first-order valence-corrected chi connectivity index (χ1v) is 16.0. The van der Waals surface area contributed by atoms with Crippen molar-refractivity contribution in [2.24, 2.45) is 13.0 Å². The van der Waals surface area contributed by atoms with Gasteiger partial charge in [-0.2, -0.15) is 0 Å². The number of rotatable bonds is 8. The Morgan fingerprint density at radius 3 is 2.60 bits per heavy atom. The average Bonchev–Trinajstić information content (AvgIpc) is 3.37. The van der Waals surface area contributed by atoms with Crippen molar-refractivity contribution in [3.05, 3.63) is 112 Å². The molecule has 42 heavy (non-hydrogen) atoms. The molecule has 1 heterocycles. The van der Waals surface area contributed by atoms with Crippen LogP contribution in [0.15, 0.2) is 84.0 Å². The Kier molecular flexibility index (Phi) is 7.91. The second-order valence-corrected chi connectivity index (χ2v) is 13.3. The topological polar surface area (TPSA) is 84.3 Å². The van der Waals surface area contributed by atoms with E-state index in [1.165, 1.54) is 17.7 Å². The summed E-state index contributed by atoms with van der Waals surface area (Å²) < 4.78 is 45.1. The number of anilines is 1. The molecule has 10 heteroatoms. The molecular formula is C32H33ClFN4O3S+. The summed E-state index contributed by atoms with van der Waals surface area (Å²) >= 11 is 4.97. The molecule has 1 amide bonds. The molecule has 2 aliphatic rings. The second kappa shape index (κ2) is 11.6. The van der Waals surface area contributed by atoms with Crippen molar-refractivity contribution >= 4 is 21.6 Å². The van der Waals surface area contributed by atoms with Gasteiger partial charge in [0.1, 0.15) is 5.82 Å². The Balaban J connectivity index is 1.33. The molecule has 3 aromatic carbocycles. The van der Waals surface area contributed by atoms with Crippen LogP contribution in [0.2, 0.25) is 5.02 Å². The number of carbonyl (C=O) groups is 1. The lowest BCUT2D eigenvalue weighted by atomic mass is 9.69. The van der Waals surface area contributed by atoms with Crippen molar-refractivity contribution in [2.45, 2.75) is 55.5 Å². The van der Waals surface area contributed by atoms with Crippen LogP contribution in [-0.2, 0) is 34.8 Å². The van der Waals surface area contributed by atoms with Gasteiger partial charge in [0.2, 0.25) is 15.9 Å². The number of nitrogens with zero attached hydrogens (tertiary/aromatic N) is 3. The highest BCUT2D eigenvalue weighted by Gasteiger charge is 2.40. The Hall–Kier alpha value is -3.53. The van der Waals surface area contributed by atoms with Crippen LogP contribution in [0.4, 0.5) is 10.1 Å². The van der Waals surface area contributed by atoms with Crippen LogP contribution in [0.3, 0.4) is 0 Å². The summed E-state index contributed by atoms with van der Waals surface area (Å²) in [6.07, 6.45) is 7.57. The van der Waals surface area contributed by atoms with E-state index in [0.717, 1.165) is 48.7 Å². The number of imidazole rings is 1. The number of halogens is 2. The van der Waals surface area contributed by atoms with E-state index in [2.05, 4.69) is 21.8 Å². The summed E-state index contributed by atoms with van der Waals surface area (Å²) in [4.78, 5) is 20.4. The number of carbonyl (C=O) groups excluding carboxylic acids is 1. The minimum Gasteiger partial charge on any atom is -0.337 e. The van der Waals surface area contributed by atoms with E-state index in [9.17, 15) is 17.6 Å². The van der Waals surface area contributed by atoms with Crippen molar-refractivity contribution in [1.29, 1.82) is 0 Å². The lowest BCUT2D eigenvalue weighted by Crippen LogP contribution is -2.43. The van der Waals surface area contributed by atoms with Gasteiger partial charge in [-0.3, -0.25) is 4.79 Å². The van der Waals surface area contributed by atoms with Gasteiger partial charge in [-0.25, -0.2) is 22.5 Å².